The largest absolute Gasteiger partial charge is 0.444 e. The summed E-state index contributed by atoms with van der Waals surface area (Å²) in [6.45, 7) is 7.86. The smallest absolute Gasteiger partial charge is 0.410 e. The Balaban J connectivity index is 1.75. The summed E-state index contributed by atoms with van der Waals surface area (Å²) in [7, 11) is 0. The molecule has 21 heavy (non-hydrogen) atoms. The van der Waals surface area contributed by atoms with Crippen LogP contribution < -0.4 is 10.6 Å². The maximum Gasteiger partial charge on any atom is 0.410 e. The van der Waals surface area contributed by atoms with Gasteiger partial charge in [0.25, 0.3) is 0 Å². The van der Waals surface area contributed by atoms with Crippen molar-refractivity contribution in [3.8, 4) is 0 Å². The molecule has 6 heteroatoms. The molecule has 0 aromatic heterocycles. The monoisotopic (exact) mass is 297 g/mol. The average molecular weight is 297 g/mol. The summed E-state index contributed by atoms with van der Waals surface area (Å²) in [6, 6.07) is 0.512. The fraction of sp³-hybridized carbons (Fsp3) is 0.867. The van der Waals surface area contributed by atoms with Crippen molar-refractivity contribution in [2.75, 3.05) is 19.6 Å². The lowest BCUT2D eigenvalue weighted by Gasteiger charge is -2.34. The zero-order chi connectivity index (χ0) is 15.5. The number of hydrogen-bond acceptors (Lipinski definition) is 4. The van der Waals surface area contributed by atoms with Crippen molar-refractivity contribution in [3.05, 3.63) is 0 Å². The molecule has 2 aliphatic rings. The van der Waals surface area contributed by atoms with Crippen LogP contribution in [0.15, 0.2) is 0 Å². The Bertz CT molecular complexity index is 392. The summed E-state index contributed by atoms with van der Waals surface area (Å²) in [5.74, 6) is 0.140. The van der Waals surface area contributed by atoms with Gasteiger partial charge in [-0.15, -0.1) is 0 Å². The molecule has 2 N–H and O–H groups in total. The van der Waals surface area contributed by atoms with Gasteiger partial charge in [0.05, 0.1) is 0 Å². The van der Waals surface area contributed by atoms with E-state index in [0.717, 1.165) is 32.4 Å². The van der Waals surface area contributed by atoms with Gasteiger partial charge in [-0.3, -0.25) is 4.79 Å². The van der Waals surface area contributed by atoms with Crippen molar-refractivity contribution >= 4 is 12.0 Å². The molecule has 2 aliphatic heterocycles. The first-order valence-corrected chi connectivity index (χ1v) is 7.84. The highest BCUT2D eigenvalue weighted by molar-refractivity contribution is 5.78. The van der Waals surface area contributed by atoms with E-state index in [1.54, 1.807) is 4.90 Å². The molecule has 2 atom stereocenters. The van der Waals surface area contributed by atoms with Gasteiger partial charge in [-0.1, -0.05) is 0 Å². The lowest BCUT2D eigenvalue weighted by Crippen LogP contribution is -2.51. The van der Waals surface area contributed by atoms with E-state index in [4.69, 9.17) is 4.74 Å². The molecule has 0 aromatic rings. The number of nitrogens with zero attached hydrogens (tertiary/aromatic N) is 1. The molecule has 2 rings (SSSR count). The van der Waals surface area contributed by atoms with Gasteiger partial charge >= 0.3 is 6.09 Å². The molecule has 2 saturated heterocycles. The zero-order valence-electron chi connectivity index (χ0n) is 13.3. The Kier molecular flexibility index (Phi) is 5.08. The molecule has 2 unspecified atom stereocenters. The number of rotatable bonds is 3. The summed E-state index contributed by atoms with van der Waals surface area (Å²) < 4.78 is 5.42. The molecule has 0 spiro atoms. The minimum absolute atomic E-state index is 0.140. The Morgan fingerprint density at radius 1 is 1.43 bits per heavy atom. The van der Waals surface area contributed by atoms with Gasteiger partial charge in [0.1, 0.15) is 5.60 Å². The lowest BCUT2D eigenvalue weighted by atomic mass is 10.1. The van der Waals surface area contributed by atoms with Crippen molar-refractivity contribution in [2.45, 2.75) is 64.1 Å². The first-order valence-electron chi connectivity index (χ1n) is 7.84. The van der Waals surface area contributed by atoms with Crippen LogP contribution in [0.25, 0.3) is 0 Å². The molecule has 6 nitrogen and oxygen atoms in total. The van der Waals surface area contributed by atoms with Gasteiger partial charge in [-0.25, -0.2) is 4.79 Å². The first kappa shape index (κ1) is 16.1. The summed E-state index contributed by atoms with van der Waals surface area (Å²) in [5, 5.41) is 6.42. The van der Waals surface area contributed by atoms with E-state index >= 15 is 0 Å². The number of piperidine rings is 1. The second-order valence-electron chi connectivity index (χ2n) is 6.98. The number of likely N-dealkylation sites (tertiary alicyclic amines) is 1. The van der Waals surface area contributed by atoms with Crippen molar-refractivity contribution in [3.63, 3.8) is 0 Å². The Hall–Kier alpha value is -1.30. The van der Waals surface area contributed by atoms with Crippen molar-refractivity contribution in [2.24, 2.45) is 0 Å². The molecule has 0 aromatic carbocycles. The Morgan fingerprint density at radius 3 is 2.81 bits per heavy atom. The molecule has 2 amide bonds. The van der Waals surface area contributed by atoms with Crippen LogP contribution in [0.4, 0.5) is 4.79 Å². The van der Waals surface area contributed by atoms with Gasteiger partial charge < -0.3 is 20.3 Å². The van der Waals surface area contributed by atoms with Crippen molar-refractivity contribution in [1.82, 2.24) is 15.5 Å². The maximum absolute atomic E-state index is 12.1. The molecule has 0 aliphatic carbocycles. The number of hydrogen-bond donors (Lipinski definition) is 2. The van der Waals surface area contributed by atoms with Gasteiger partial charge in [0.2, 0.25) is 5.91 Å². The molecule has 0 bridgehead atoms. The minimum Gasteiger partial charge on any atom is -0.444 e. The normalized spacial score (nSPS) is 26.6. The van der Waals surface area contributed by atoms with E-state index < -0.39 is 5.60 Å². The third kappa shape index (κ3) is 5.19. The Morgan fingerprint density at radius 2 is 2.19 bits per heavy atom. The fourth-order valence-electron chi connectivity index (χ4n) is 2.78. The first-order chi connectivity index (χ1) is 9.83. The number of ether oxygens (including phenoxy) is 1. The fourth-order valence-corrected chi connectivity index (χ4v) is 2.78. The van der Waals surface area contributed by atoms with Crippen LogP contribution >= 0.6 is 0 Å². The zero-order valence-corrected chi connectivity index (χ0v) is 13.3. The van der Waals surface area contributed by atoms with Gasteiger partial charge in [-0.2, -0.15) is 0 Å². The number of carbonyl (C=O) groups excluding carboxylic acids is 2. The minimum atomic E-state index is -0.453. The van der Waals surface area contributed by atoms with E-state index in [2.05, 4.69) is 10.6 Å². The van der Waals surface area contributed by atoms with Crippen LogP contribution in [-0.2, 0) is 9.53 Å². The average Bonchev–Trinajstić information content (AvgIpc) is 2.81. The second-order valence-corrected chi connectivity index (χ2v) is 6.98. The van der Waals surface area contributed by atoms with Gasteiger partial charge in [0, 0.05) is 38.1 Å². The van der Waals surface area contributed by atoms with E-state index in [0.29, 0.717) is 13.0 Å². The molecule has 0 saturated carbocycles. The predicted molar refractivity (Wildman–Crippen MR) is 80.0 cm³/mol. The highest BCUT2D eigenvalue weighted by Gasteiger charge is 2.28. The highest BCUT2D eigenvalue weighted by atomic mass is 16.6. The third-order valence-electron chi connectivity index (χ3n) is 3.81. The van der Waals surface area contributed by atoms with Crippen LogP contribution in [-0.4, -0.2) is 54.2 Å². The summed E-state index contributed by atoms with van der Waals surface area (Å²) in [6.07, 6.45) is 3.33. The molecular weight excluding hydrogens is 270 g/mol. The molecule has 120 valence electrons. The van der Waals surface area contributed by atoms with Gasteiger partial charge in [0.15, 0.2) is 0 Å². The van der Waals surface area contributed by atoms with Crippen LogP contribution in [0.1, 0.15) is 46.5 Å². The predicted octanol–water partition coefficient (Wildman–Crippen LogP) is 1.25. The number of carbonyl (C=O) groups is 2. The van der Waals surface area contributed by atoms with Crippen molar-refractivity contribution < 1.29 is 14.3 Å². The van der Waals surface area contributed by atoms with Crippen LogP contribution in [0.3, 0.4) is 0 Å². The molecular formula is C15H27N3O3. The summed E-state index contributed by atoms with van der Waals surface area (Å²) in [4.78, 5) is 25.0. The number of nitrogens with one attached hydrogen (secondary N) is 2. The lowest BCUT2D eigenvalue weighted by molar-refractivity contribution is -0.119. The van der Waals surface area contributed by atoms with Crippen LogP contribution in [0.5, 0.6) is 0 Å². The number of amides is 2. The van der Waals surface area contributed by atoms with Crippen molar-refractivity contribution in [1.29, 1.82) is 0 Å². The quantitative estimate of drug-likeness (QED) is 0.822. The summed E-state index contributed by atoms with van der Waals surface area (Å²) >= 11 is 0. The standard InChI is InChI=1S/C15H27N3O3/c1-15(2,3)21-14(20)18-8-4-5-12(10-18)16-9-11-6-7-13(19)17-11/h11-12,16H,4-10H2,1-3H3,(H,17,19). The topological polar surface area (TPSA) is 70.7 Å². The summed E-state index contributed by atoms with van der Waals surface area (Å²) in [5.41, 5.74) is -0.453. The van der Waals surface area contributed by atoms with E-state index in [1.807, 2.05) is 20.8 Å². The molecule has 0 radical (unpaired) electrons. The van der Waals surface area contributed by atoms with E-state index in [9.17, 15) is 9.59 Å². The second kappa shape index (κ2) is 6.64. The SMILES string of the molecule is CC(C)(C)OC(=O)N1CCCC(NCC2CCC(=O)N2)C1. The molecule has 2 fully saturated rings. The van der Waals surface area contributed by atoms with Crippen LogP contribution in [0, 0.1) is 0 Å². The maximum atomic E-state index is 12.1. The van der Waals surface area contributed by atoms with E-state index in [1.165, 1.54) is 0 Å². The highest BCUT2D eigenvalue weighted by Crippen LogP contribution is 2.15. The molecule has 2 heterocycles. The van der Waals surface area contributed by atoms with Gasteiger partial charge in [-0.05, 0) is 40.0 Å². The van der Waals surface area contributed by atoms with E-state index in [-0.39, 0.29) is 24.1 Å². The Labute approximate surface area is 126 Å². The third-order valence-corrected chi connectivity index (χ3v) is 3.81. The van der Waals surface area contributed by atoms with Crippen LogP contribution in [0.2, 0.25) is 0 Å².